The van der Waals surface area contributed by atoms with Gasteiger partial charge in [-0.25, -0.2) is 0 Å². The minimum Gasteiger partial charge on any atom is -0.496 e. The summed E-state index contributed by atoms with van der Waals surface area (Å²) in [5.74, 6) is 2.52. The number of benzene rings is 1. The molecule has 0 heterocycles. The highest BCUT2D eigenvalue weighted by molar-refractivity contribution is 5.36. The lowest BCUT2D eigenvalue weighted by molar-refractivity contribution is 0.353. The minimum absolute atomic E-state index is 0.667. The number of ether oxygens (including phenoxy) is 1. The highest BCUT2D eigenvalue weighted by atomic mass is 16.5. The van der Waals surface area contributed by atoms with Gasteiger partial charge in [0, 0.05) is 6.04 Å². The topological polar surface area (TPSA) is 21.3 Å². The number of methoxy groups -OCH3 is 1. The molecule has 0 spiro atoms. The van der Waals surface area contributed by atoms with Crippen LogP contribution in [0.3, 0.4) is 0 Å². The van der Waals surface area contributed by atoms with Gasteiger partial charge in [0.25, 0.3) is 0 Å². The van der Waals surface area contributed by atoms with E-state index >= 15 is 0 Å². The van der Waals surface area contributed by atoms with Crippen LogP contribution in [0, 0.1) is 5.92 Å². The molecule has 2 saturated carbocycles. The van der Waals surface area contributed by atoms with Crippen LogP contribution in [0.2, 0.25) is 0 Å². The number of nitrogens with one attached hydrogen (secondary N) is 1. The van der Waals surface area contributed by atoms with Crippen molar-refractivity contribution in [3.8, 4) is 5.75 Å². The second-order valence-corrected chi connectivity index (χ2v) is 6.43. The van der Waals surface area contributed by atoms with Gasteiger partial charge in [-0.1, -0.05) is 37.5 Å². The maximum Gasteiger partial charge on any atom is 0.122 e. The Hall–Kier alpha value is -1.02. The second-order valence-electron chi connectivity index (χ2n) is 6.43. The van der Waals surface area contributed by atoms with Crippen LogP contribution in [-0.4, -0.2) is 19.7 Å². The average molecular weight is 273 g/mol. The molecule has 2 unspecified atom stereocenters. The van der Waals surface area contributed by atoms with E-state index in [9.17, 15) is 0 Å². The number of hydrogen-bond acceptors (Lipinski definition) is 2. The Balaban J connectivity index is 1.77. The van der Waals surface area contributed by atoms with Crippen molar-refractivity contribution in [3.05, 3.63) is 29.8 Å². The molecule has 2 heteroatoms. The third kappa shape index (κ3) is 3.35. The van der Waals surface area contributed by atoms with Gasteiger partial charge in [-0.05, 0) is 55.7 Å². The molecule has 0 aromatic heterocycles. The lowest BCUT2D eigenvalue weighted by Crippen LogP contribution is -2.28. The third-order valence-electron chi connectivity index (χ3n) is 4.94. The Morgan fingerprint density at radius 2 is 1.85 bits per heavy atom. The molecule has 0 bridgehead atoms. The molecule has 0 aliphatic heterocycles. The summed E-state index contributed by atoms with van der Waals surface area (Å²) in [7, 11) is 1.80. The molecule has 2 fully saturated rings. The van der Waals surface area contributed by atoms with Gasteiger partial charge in [0.15, 0.2) is 0 Å². The van der Waals surface area contributed by atoms with E-state index in [2.05, 4.69) is 29.6 Å². The fraction of sp³-hybridized carbons (Fsp3) is 0.667. The SMILES string of the molecule is COc1ccccc1C1CCCCCC1CNC1CC1. The summed E-state index contributed by atoms with van der Waals surface area (Å²) in [6.07, 6.45) is 9.59. The molecule has 0 radical (unpaired) electrons. The summed E-state index contributed by atoms with van der Waals surface area (Å²) in [6.45, 7) is 1.19. The summed E-state index contributed by atoms with van der Waals surface area (Å²) in [5.41, 5.74) is 1.43. The Bertz CT molecular complexity index is 427. The first-order valence-electron chi connectivity index (χ1n) is 8.25. The zero-order chi connectivity index (χ0) is 13.8. The Kier molecular flexibility index (Phi) is 4.62. The maximum absolute atomic E-state index is 5.61. The van der Waals surface area contributed by atoms with Gasteiger partial charge in [0.2, 0.25) is 0 Å². The van der Waals surface area contributed by atoms with E-state index in [1.807, 2.05) is 0 Å². The maximum atomic E-state index is 5.61. The van der Waals surface area contributed by atoms with E-state index in [1.165, 1.54) is 57.1 Å². The summed E-state index contributed by atoms with van der Waals surface area (Å²) >= 11 is 0. The summed E-state index contributed by atoms with van der Waals surface area (Å²) in [5, 5.41) is 3.75. The van der Waals surface area contributed by atoms with Crippen molar-refractivity contribution in [2.45, 2.75) is 56.9 Å². The van der Waals surface area contributed by atoms with Crippen LogP contribution in [0.5, 0.6) is 5.75 Å². The van der Waals surface area contributed by atoms with Gasteiger partial charge in [0.1, 0.15) is 5.75 Å². The molecule has 110 valence electrons. The van der Waals surface area contributed by atoms with Crippen molar-refractivity contribution in [2.24, 2.45) is 5.92 Å². The second kappa shape index (κ2) is 6.62. The zero-order valence-electron chi connectivity index (χ0n) is 12.6. The molecule has 0 amide bonds. The fourth-order valence-electron chi connectivity index (χ4n) is 3.62. The van der Waals surface area contributed by atoms with Crippen LogP contribution in [-0.2, 0) is 0 Å². The van der Waals surface area contributed by atoms with Gasteiger partial charge in [-0.15, -0.1) is 0 Å². The van der Waals surface area contributed by atoms with Gasteiger partial charge < -0.3 is 10.1 Å². The van der Waals surface area contributed by atoms with Crippen LogP contribution in [0.25, 0.3) is 0 Å². The van der Waals surface area contributed by atoms with Crippen molar-refractivity contribution < 1.29 is 4.74 Å². The summed E-state index contributed by atoms with van der Waals surface area (Å²) in [6, 6.07) is 9.45. The van der Waals surface area contributed by atoms with Crippen LogP contribution in [0.1, 0.15) is 56.4 Å². The first kappa shape index (κ1) is 13.9. The Morgan fingerprint density at radius 3 is 2.65 bits per heavy atom. The van der Waals surface area contributed by atoms with Crippen molar-refractivity contribution in [2.75, 3.05) is 13.7 Å². The number of para-hydroxylation sites is 1. The largest absolute Gasteiger partial charge is 0.496 e. The summed E-state index contributed by atoms with van der Waals surface area (Å²) < 4.78 is 5.61. The molecule has 2 atom stereocenters. The monoisotopic (exact) mass is 273 g/mol. The Morgan fingerprint density at radius 1 is 1.05 bits per heavy atom. The normalized spacial score (nSPS) is 27.1. The van der Waals surface area contributed by atoms with E-state index in [4.69, 9.17) is 4.74 Å². The zero-order valence-corrected chi connectivity index (χ0v) is 12.6. The van der Waals surface area contributed by atoms with Gasteiger partial charge in [-0.3, -0.25) is 0 Å². The van der Waals surface area contributed by atoms with E-state index in [0.29, 0.717) is 5.92 Å². The molecule has 2 nitrogen and oxygen atoms in total. The van der Waals surface area contributed by atoms with E-state index in [-0.39, 0.29) is 0 Å². The number of rotatable bonds is 5. The molecule has 3 rings (SSSR count). The van der Waals surface area contributed by atoms with Gasteiger partial charge >= 0.3 is 0 Å². The van der Waals surface area contributed by atoms with Crippen molar-refractivity contribution in [1.29, 1.82) is 0 Å². The van der Waals surface area contributed by atoms with Crippen LogP contribution in [0.15, 0.2) is 24.3 Å². The Labute approximate surface area is 122 Å². The predicted octanol–water partition coefficient (Wildman–Crippen LogP) is 4.11. The molecule has 2 aliphatic carbocycles. The lowest BCUT2D eigenvalue weighted by Gasteiger charge is -2.27. The predicted molar refractivity (Wildman–Crippen MR) is 83.3 cm³/mol. The molecule has 0 saturated heterocycles. The van der Waals surface area contributed by atoms with Crippen LogP contribution < -0.4 is 10.1 Å². The average Bonchev–Trinajstić information content (AvgIpc) is 3.32. The van der Waals surface area contributed by atoms with Crippen LogP contribution in [0.4, 0.5) is 0 Å². The smallest absolute Gasteiger partial charge is 0.122 e. The molecule has 1 aromatic rings. The quantitative estimate of drug-likeness (QED) is 0.815. The minimum atomic E-state index is 0.667. The van der Waals surface area contributed by atoms with Crippen molar-refractivity contribution in [1.82, 2.24) is 5.32 Å². The molecule has 1 N–H and O–H groups in total. The first-order chi connectivity index (χ1) is 9.88. The van der Waals surface area contributed by atoms with Gasteiger partial charge in [0.05, 0.1) is 7.11 Å². The standard InChI is InChI=1S/C18H27NO/c1-20-18-10-6-5-9-17(18)16-8-4-2-3-7-14(16)13-19-15-11-12-15/h5-6,9-10,14-16,19H,2-4,7-8,11-13H2,1H3. The van der Waals surface area contributed by atoms with Crippen molar-refractivity contribution in [3.63, 3.8) is 0 Å². The van der Waals surface area contributed by atoms with E-state index in [0.717, 1.165) is 17.7 Å². The highest BCUT2D eigenvalue weighted by Crippen LogP contribution is 2.40. The molecule has 20 heavy (non-hydrogen) atoms. The number of hydrogen-bond donors (Lipinski definition) is 1. The molecule has 1 aromatic carbocycles. The lowest BCUT2D eigenvalue weighted by atomic mass is 9.82. The first-order valence-corrected chi connectivity index (χ1v) is 8.25. The molecule has 2 aliphatic rings. The van der Waals surface area contributed by atoms with E-state index < -0.39 is 0 Å². The fourth-order valence-corrected chi connectivity index (χ4v) is 3.62. The van der Waals surface area contributed by atoms with Gasteiger partial charge in [-0.2, -0.15) is 0 Å². The molecular formula is C18H27NO. The van der Waals surface area contributed by atoms with Crippen LogP contribution >= 0.6 is 0 Å². The van der Waals surface area contributed by atoms with Crippen molar-refractivity contribution >= 4 is 0 Å². The third-order valence-corrected chi connectivity index (χ3v) is 4.94. The van der Waals surface area contributed by atoms with E-state index in [1.54, 1.807) is 7.11 Å². The highest BCUT2D eigenvalue weighted by Gasteiger charge is 2.29. The summed E-state index contributed by atoms with van der Waals surface area (Å²) in [4.78, 5) is 0. The molecular weight excluding hydrogens is 246 g/mol.